The molecule has 2 aromatic heterocycles. The molecule has 0 spiro atoms. The number of halogens is 4. The molecule has 44 heavy (non-hydrogen) atoms. The number of hydrogen-bond donors (Lipinski definition) is 3. The van der Waals surface area contributed by atoms with E-state index in [1.165, 1.54) is 10.7 Å². The Morgan fingerprint density at radius 1 is 0.977 bits per heavy atom. The van der Waals surface area contributed by atoms with Crippen molar-refractivity contribution in [1.82, 2.24) is 14.8 Å². The number of anilines is 2. The summed E-state index contributed by atoms with van der Waals surface area (Å²) in [5, 5.41) is 17.4. The van der Waals surface area contributed by atoms with Crippen LogP contribution >= 0.6 is 0 Å². The average molecular weight is 600 g/mol. The van der Waals surface area contributed by atoms with Gasteiger partial charge in [-0.15, -0.1) is 0 Å². The predicted molar refractivity (Wildman–Crippen MR) is 160 cm³/mol. The van der Waals surface area contributed by atoms with Gasteiger partial charge in [0.15, 0.2) is 5.69 Å². The summed E-state index contributed by atoms with van der Waals surface area (Å²) in [7, 11) is 0. The van der Waals surface area contributed by atoms with Gasteiger partial charge in [0, 0.05) is 11.6 Å². The summed E-state index contributed by atoms with van der Waals surface area (Å²) >= 11 is 0. The molecule has 0 radical (unpaired) electrons. The highest BCUT2D eigenvalue weighted by Crippen LogP contribution is 2.41. The third-order valence-corrected chi connectivity index (χ3v) is 8.21. The third kappa shape index (κ3) is 5.81. The second kappa shape index (κ2) is 11.3. The third-order valence-electron chi connectivity index (χ3n) is 8.21. The van der Waals surface area contributed by atoms with Crippen LogP contribution in [0.2, 0.25) is 0 Å². The first-order valence-corrected chi connectivity index (χ1v) is 14.2. The van der Waals surface area contributed by atoms with Crippen LogP contribution < -0.4 is 16.8 Å². The average Bonchev–Trinajstić information content (AvgIpc) is 3.75. The van der Waals surface area contributed by atoms with E-state index in [2.05, 4.69) is 21.5 Å². The first-order chi connectivity index (χ1) is 21.0. The molecular formula is C33H29F4N7. The molecule has 224 valence electrons. The molecule has 1 atom stereocenters. The largest absolute Gasteiger partial charge is 0.435 e. The summed E-state index contributed by atoms with van der Waals surface area (Å²) in [6.45, 7) is -0.166. The minimum absolute atomic E-state index is 0.0886. The topological polar surface area (TPSA) is 119 Å². The van der Waals surface area contributed by atoms with Crippen molar-refractivity contribution < 1.29 is 17.6 Å². The fourth-order valence-corrected chi connectivity index (χ4v) is 5.48. The number of alkyl halides is 3. The zero-order valence-electron chi connectivity index (χ0n) is 23.6. The van der Waals surface area contributed by atoms with Gasteiger partial charge in [0.2, 0.25) is 0 Å². The summed E-state index contributed by atoms with van der Waals surface area (Å²) in [4.78, 5) is 4.07. The van der Waals surface area contributed by atoms with Crippen LogP contribution in [0.1, 0.15) is 53.8 Å². The molecule has 5 aromatic rings. The number of nitrogens with one attached hydrogen (secondary N) is 1. The van der Waals surface area contributed by atoms with Gasteiger partial charge in [0.1, 0.15) is 11.6 Å². The van der Waals surface area contributed by atoms with Crippen LogP contribution in [0.15, 0.2) is 79.0 Å². The molecule has 1 aliphatic carbocycles. The van der Waals surface area contributed by atoms with E-state index in [4.69, 9.17) is 11.5 Å². The monoisotopic (exact) mass is 599 g/mol. The maximum atomic E-state index is 15.2. The van der Waals surface area contributed by atoms with Crippen molar-refractivity contribution in [3.63, 3.8) is 0 Å². The molecule has 6 rings (SSSR count). The van der Waals surface area contributed by atoms with Gasteiger partial charge >= 0.3 is 6.18 Å². The molecule has 1 saturated carbocycles. The van der Waals surface area contributed by atoms with Crippen LogP contribution in [0.3, 0.4) is 0 Å². The highest BCUT2D eigenvalue weighted by Gasteiger charge is 2.36. The Balaban J connectivity index is 1.34. The minimum Gasteiger partial charge on any atom is -0.383 e. The molecule has 7 nitrogen and oxygen atoms in total. The zero-order chi connectivity index (χ0) is 31.1. The molecule has 0 amide bonds. The Morgan fingerprint density at radius 3 is 2.43 bits per heavy atom. The Morgan fingerprint density at radius 2 is 1.73 bits per heavy atom. The van der Waals surface area contributed by atoms with E-state index in [1.807, 2.05) is 12.1 Å². The molecule has 0 aliphatic heterocycles. The van der Waals surface area contributed by atoms with Crippen LogP contribution in [0.4, 0.5) is 29.1 Å². The molecule has 3 aromatic carbocycles. The first-order valence-electron chi connectivity index (χ1n) is 14.2. The molecular weight excluding hydrogens is 570 g/mol. The van der Waals surface area contributed by atoms with Crippen molar-refractivity contribution in [1.29, 1.82) is 5.26 Å². The molecule has 1 fully saturated rings. The Hall–Kier alpha value is -4.95. The molecule has 11 heteroatoms. The van der Waals surface area contributed by atoms with Gasteiger partial charge in [-0.1, -0.05) is 37.1 Å². The number of nitrogen functional groups attached to an aromatic ring is 1. The van der Waals surface area contributed by atoms with Gasteiger partial charge in [-0.25, -0.2) is 14.1 Å². The standard InChI is InChI=1S/C33H29F4N7/c34-28-10-8-24(32(40,13-11-20-1-2-20)23-6-3-21(18-38)4-7-23)15-29(28)42-19-26-17-30(33(35,36)37)43-44(26)25-9-5-22-12-14-41-31(39)27(22)16-25/h3-10,12,14-17,20,42H,1-2,11,13,19,40H2,(H2,39,41). The number of aromatic nitrogens is 3. The number of hydrogen-bond acceptors (Lipinski definition) is 6. The van der Waals surface area contributed by atoms with E-state index < -0.39 is 23.2 Å². The quantitative estimate of drug-likeness (QED) is 0.157. The Bertz CT molecular complexity index is 1870. The number of pyridine rings is 1. The summed E-state index contributed by atoms with van der Waals surface area (Å²) in [5.41, 5.74) is 13.5. The van der Waals surface area contributed by atoms with E-state index in [-0.39, 0.29) is 23.7 Å². The summed E-state index contributed by atoms with van der Waals surface area (Å²) in [6.07, 6.45) is 0.651. The number of rotatable bonds is 9. The van der Waals surface area contributed by atoms with Crippen molar-refractivity contribution in [2.75, 3.05) is 11.1 Å². The molecule has 1 unspecified atom stereocenters. The normalized spacial score (nSPS) is 14.7. The van der Waals surface area contributed by atoms with Crippen molar-refractivity contribution >= 4 is 22.3 Å². The maximum absolute atomic E-state index is 15.2. The van der Waals surface area contributed by atoms with Gasteiger partial charge in [-0.05, 0) is 83.8 Å². The van der Waals surface area contributed by atoms with Crippen molar-refractivity contribution in [3.05, 3.63) is 113 Å². The number of fused-ring (bicyclic) bond motifs is 1. The van der Waals surface area contributed by atoms with Crippen LogP contribution in [-0.2, 0) is 18.3 Å². The SMILES string of the molecule is N#Cc1ccc(C(N)(CCC2CC2)c2ccc(F)c(NCc3cc(C(F)(F)F)nn3-c3ccc4ccnc(N)c4c3)c2)cc1. The van der Waals surface area contributed by atoms with Gasteiger partial charge in [-0.2, -0.15) is 23.5 Å². The molecule has 0 bridgehead atoms. The highest BCUT2D eigenvalue weighted by atomic mass is 19.4. The van der Waals surface area contributed by atoms with Crippen molar-refractivity contribution in [2.45, 2.75) is 43.9 Å². The van der Waals surface area contributed by atoms with Crippen molar-refractivity contribution in [2.24, 2.45) is 11.7 Å². The Labute approximate surface area is 251 Å². The van der Waals surface area contributed by atoms with E-state index in [0.717, 1.165) is 36.3 Å². The van der Waals surface area contributed by atoms with Gasteiger partial charge in [-0.3, -0.25) is 0 Å². The van der Waals surface area contributed by atoms with E-state index in [0.29, 0.717) is 34.5 Å². The van der Waals surface area contributed by atoms with Gasteiger partial charge in [0.05, 0.1) is 40.8 Å². The van der Waals surface area contributed by atoms with E-state index in [9.17, 15) is 18.4 Å². The maximum Gasteiger partial charge on any atom is 0.435 e. The summed E-state index contributed by atoms with van der Waals surface area (Å²) in [6, 6.07) is 21.3. The smallest absolute Gasteiger partial charge is 0.383 e. The van der Waals surface area contributed by atoms with E-state index >= 15 is 4.39 Å². The van der Waals surface area contributed by atoms with Gasteiger partial charge in [0.25, 0.3) is 0 Å². The number of nitrogens with two attached hydrogens (primary N) is 2. The highest BCUT2D eigenvalue weighted by molar-refractivity contribution is 5.92. The van der Waals surface area contributed by atoms with Crippen LogP contribution in [0, 0.1) is 23.1 Å². The minimum atomic E-state index is -4.69. The van der Waals surface area contributed by atoms with Crippen molar-refractivity contribution in [3.8, 4) is 11.8 Å². The molecule has 5 N–H and O–H groups in total. The number of benzene rings is 3. The zero-order valence-corrected chi connectivity index (χ0v) is 23.6. The van der Waals surface area contributed by atoms with Gasteiger partial charge < -0.3 is 16.8 Å². The molecule has 2 heterocycles. The summed E-state index contributed by atoms with van der Waals surface area (Å²) < 4.78 is 57.6. The lowest BCUT2D eigenvalue weighted by atomic mass is 9.79. The number of nitriles is 1. The van der Waals surface area contributed by atoms with Crippen LogP contribution in [0.25, 0.3) is 16.5 Å². The van der Waals surface area contributed by atoms with E-state index in [1.54, 1.807) is 54.7 Å². The summed E-state index contributed by atoms with van der Waals surface area (Å²) in [5.74, 6) is 0.254. The molecule has 0 saturated heterocycles. The fraction of sp³-hybridized carbons (Fsp3) is 0.242. The lowest BCUT2D eigenvalue weighted by Crippen LogP contribution is -2.38. The van der Waals surface area contributed by atoms with Crippen LogP contribution in [-0.4, -0.2) is 14.8 Å². The number of nitrogens with zero attached hydrogens (tertiary/aromatic N) is 4. The Kier molecular flexibility index (Phi) is 7.47. The predicted octanol–water partition coefficient (Wildman–Crippen LogP) is 7.04. The fourth-order valence-electron chi connectivity index (χ4n) is 5.48. The second-order valence-electron chi connectivity index (χ2n) is 11.2. The second-order valence-corrected chi connectivity index (χ2v) is 11.2. The lowest BCUT2D eigenvalue weighted by molar-refractivity contribution is -0.141. The first kappa shape index (κ1) is 29.1. The van der Waals surface area contributed by atoms with Crippen LogP contribution in [0.5, 0.6) is 0 Å². The lowest BCUT2D eigenvalue weighted by Gasteiger charge is -2.32. The molecule has 1 aliphatic rings.